The highest BCUT2D eigenvalue weighted by molar-refractivity contribution is 5.85. The summed E-state index contributed by atoms with van der Waals surface area (Å²) >= 11 is 0. The van der Waals surface area contributed by atoms with Crippen molar-refractivity contribution in [3.05, 3.63) is 30.1 Å². The number of para-hydroxylation sites is 1. The molecule has 4 nitrogen and oxygen atoms in total. The largest absolute Gasteiger partial charge is 0.481 e. The molecule has 1 aromatic carbocycles. The zero-order valence-electron chi connectivity index (χ0n) is 10.2. The van der Waals surface area contributed by atoms with Crippen LogP contribution in [0.4, 0.5) is 4.39 Å². The van der Waals surface area contributed by atoms with E-state index in [-0.39, 0.29) is 36.7 Å². The van der Waals surface area contributed by atoms with Gasteiger partial charge in [0.2, 0.25) is 0 Å². The summed E-state index contributed by atoms with van der Waals surface area (Å²) in [6.45, 7) is 2.17. The van der Waals surface area contributed by atoms with Crippen LogP contribution in [0.1, 0.15) is 13.3 Å². The minimum absolute atomic E-state index is 0. The number of benzene rings is 1. The van der Waals surface area contributed by atoms with Crippen LogP contribution in [0, 0.1) is 5.82 Å². The van der Waals surface area contributed by atoms with E-state index < -0.39 is 5.82 Å². The lowest BCUT2D eigenvalue weighted by Gasteiger charge is -2.09. The van der Waals surface area contributed by atoms with Gasteiger partial charge in [0.25, 0.3) is 5.91 Å². The van der Waals surface area contributed by atoms with Gasteiger partial charge in [-0.3, -0.25) is 4.79 Å². The maximum absolute atomic E-state index is 13.1. The van der Waals surface area contributed by atoms with Crippen molar-refractivity contribution in [1.82, 2.24) is 5.32 Å². The molecule has 1 rings (SSSR count). The van der Waals surface area contributed by atoms with Crippen LogP contribution in [-0.2, 0) is 4.79 Å². The van der Waals surface area contributed by atoms with Crippen LogP contribution < -0.4 is 15.8 Å². The summed E-state index contributed by atoms with van der Waals surface area (Å²) < 4.78 is 18.2. The van der Waals surface area contributed by atoms with Gasteiger partial charge in [-0.15, -0.1) is 12.4 Å². The summed E-state index contributed by atoms with van der Waals surface area (Å²) in [5, 5.41) is 2.64. The van der Waals surface area contributed by atoms with E-state index in [9.17, 15) is 9.18 Å². The molecule has 0 bridgehead atoms. The molecule has 0 heterocycles. The van der Waals surface area contributed by atoms with E-state index in [1.165, 1.54) is 12.1 Å². The van der Waals surface area contributed by atoms with Crippen molar-refractivity contribution in [1.29, 1.82) is 0 Å². The number of halogens is 2. The third kappa shape index (κ3) is 6.42. The van der Waals surface area contributed by atoms with E-state index in [0.29, 0.717) is 13.0 Å². The molecule has 1 atom stereocenters. The molecule has 0 radical (unpaired) electrons. The third-order valence-corrected chi connectivity index (χ3v) is 2.12. The summed E-state index contributed by atoms with van der Waals surface area (Å²) in [4.78, 5) is 11.3. The fourth-order valence-electron chi connectivity index (χ4n) is 1.20. The highest BCUT2D eigenvalue weighted by atomic mass is 35.5. The Bertz CT molecular complexity index is 375. The van der Waals surface area contributed by atoms with Gasteiger partial charge in [-0.1, -0.05) is 12.1 Å². The predicted octanol–water partition coefficient (Wildman–Crippen LogP) is 1.48. The zero-order chi connectivity index (χ0) is 12.7. The maximum atomic E-state index is 13.1. The standard InChI is InChI=1S/C12H17FN2O2.ClH/c1-9(14)6-7-15-12(16)8-17-11-5-3-2-4-10(11)13;/h2-5,9H,6-8,14H2,1H3,(H,15,16);1H. The molecule has 0 aliphatic heterocycles. The molecule has 0 saturated heterocycles. The summed E-state index contributed by atoms with van der Waals surface area (Å²) in [6, 6.07) is 6.01. The minimum Gasteiger partial charge on any atom is -0.481 e. The molecule has 3 N–H and O–H groups in total. The van der Waals surface area contributed by atoms with E-state index in [1.54, 1.807) is 12.1 Å². The molecular formula is C12H18ClFN2O2. The highest BCUT2D eigenvalue weighted by Crippen LogP contribution is 2.14. The third-order valence-electron chi connectivity index (χ3n) is 2.12. The quantitative estimate of drug-likeness (QED) is 0.827. The Balaban J connectivity index is 0.00000289. The topological polar surface area (TPSA) is 64.3 Å². The van der Waals surface area contributed by atoms with Gasteiger partial charge in [-0.05, 0) is 25.5 Å². The van der Waals surface area contributed by atoms with E-state index in [2.05, 4.69) is 5.32 Å². The first kappa shape index (κ1) is 16.7. The lowest BCUT2D eigenvalue weighted by atomic mass is 10.2. The Morgan fingerprint density at radius 1 is 1.50 bits per heavy atom. The fraction of sp³-hybridized carbons (Fsp3) is 0.417. The molecule has 0 aromatic heterocycles. The van der Waals surface area contributed by atoms with Crippen molar-refractivity contribution in [3.63, 3.8) is 0 Å². The Morgan fingerprint density at radius 2 is 2.17 bits per heavy atom. The second-order valence-corrected chi connectivity index (χ2v) is 3.84. The van der Waals surface area contributed by atoms with Crippen LogP contribution in [-0.4, -0.2) is 25.1 Å². The number of nitrogens with two attached hydrogens (primary N) is 1. The molecule has 1 amide bonds. The van der Waals surface area contributed by atoms with Crippen LogP contribution in [0.2, 0.25) is 0 Å². The van der Waals surface area contributed by atoms with E-state index in [0.717, 1.165) is 0 Å². The Morgan fingerprint density at radius 3 is 2.78 bits per heavy atom. The second-order valence-electron chi connectivity index (χ2n) is 3.84. The summed E-state index contributed by atoms with van der Waals surface area (Å²) in [6.07, 6.45) is 0.700. The number of nitrogens with one attached hydrogen (secondary N) is 1. The van der Waals surface area contributed by atoms with Gasteiger partial charge in [0.15, 0.2) is 18.2 Å². The van der Waals surface area contributed by atoms with Crippen molar-refractivity contribution in [3.8, 4) is 5.75 Å². The Hall–Kier alpha value is -1.33. The van der Waals surface area contributed by atoms with Gasteiger partial charge in [-0.25, -0.2) is 4.39 Å². The lowest BCUT2D eigenvalue weighted by molar-refractivity contribution is -0.123. The number of amides is 1. The second kappa shape index (κ2) is 8.72. The van der Waals surface area contributed by atoms with Crippen molar-refractivity contribution in [2.75, 3.05) is 13.2 Å². The SMILES string of the molecule is CC(N)CCNC(=O)COc1ccccc1F.Cl. The smallest absolute Gasteiger partial charge is 0.257 e. The van der Waals surface area contributed by atoms with E-state index in [1.807, 2.05) is 6.92 Å². The average molecular weight is 277 g/mol. The lowest BCUT2D eigenvalue weighted by Crippen LogP contribution is -2.32. The van der Waals surface area contributed by atoms with Crippen molar-refractivity contribution in [2.24, 2.45) is 5.73 Å². The van der Waals surface area contributed by atoms with E-state index >= 15 is 0 Å². The molecule has 0 fully saturated rings. The number of rotatable bonds is 6. The number of hydrogen-bond acceptors (Lipinski definition) is 3. The van der Waals surface area contributed by atoms with Crippen molar-refractivity contribution < 1.29 is 13.9 Å². The van der Waals surface area contributed by atoms with Gasteiger partial charge >= 0.3 is 0 Å². The van der Waals surface area contributed by atoms with Crippen LogP contribution in [0.3, 0.4) is 0 Å². The monoisotopic (exact) mass is 276 g/mol. The first-order chi connectivity index (χ1) is 8.09. The highest BCUT2D eigenvalue weighted by Gasteiger charge is 2.05. The minimum atomic E-state index is -0.476. The maximum Gasteiger partial charge on any atom is 0.257 e. The molecule has 102 valence electrons. The average Bonchev–Trinajstić information content (AvgIpc) is 2.27. The predicted molar refractivity (Wildman–Crippen MR) is 70.4 cm³/mol. The number of carbonyl (C=O) groups excluding carboxylic acids is 1. The van der Waals surface area contributed by atoms with Crippen LogP contribution in [0.5, 0.6) is 5.75 Å². The van der Waals surface area contributed by atoms with Crippen LogP contribution in [0.15, 0.2) is 24.3 Å². The van der Waals surface area contributed by atoms with Gasteiger partial charge in [-0.2, -0.15) is 0 Å². The molecule has 0 aliphatic rings. The first-order valence-electron chi connectivity index (χ1n) is 5.49. The normalized spacial score (nSPS) is 11.3. The van der Waals surface area contributed by atoms with Crippen molar-refractivity contribution in [2.45, 2.75) is 19.4 Å². The van der Waals surface area contributed by atoms with Gasteiger partial charge in [0.05, 0.1) is 0 Å². The van der Waals surface area contributed by atoms with Crippen molar-refractivity contribution >= 4 is 18.3 Å². The first-order valence-corrected chi connectivity index (χ1v) is 5.49. The van der Waals surface area contributed by atoms with Gasteiger partial charge in [0.1, 0.15) is 0 Å². The molecule has 0 spiro atoms. The van der Waals surface area contributed by atoms with Gasteiger partial charge in [0, 0.05) is 12.6 Å². The van der Waals surface area contributed by atoms with E-state index in [4.69, 9.17) is 10.5 Å². The molecule has 18 heavy (non-hydrogen) atoms. The summed E-state index contributed by atoms with van der Waals surface area (Å²) in [5.41, 5.74) is 5.53. The van der Waals surface area contributed by atoms with Crippen LogP contribution >= 0.6 is 12.4 Å². The van der Waals surface area contributed by atoms with Gasteiger partial charge < -0.3 is 15.8 Å². The summed E-state index contributed by atoms with van der Waals surface area (Å²) in [7, 11) is 0. The zero-order valence-corrected chi connectivity index (χ0v) is 11.0. The summed E-state index contributed by atoms with van der Waals surface area (Å²) in [5.74, 6) is -0.681. The molecular weight excluding hydrogens is 259 g/mol. The molecule has 1 unspecified atom stereocenters. The fourth-order valence-corrected chi connectivity index (χ4v) is 1.20. The number of ether oxygens (including phenoxy) is 1. The molecule has 1 aromatic rings. The Labute approximate surface area is 112 Å². The number of carbonyl (C=O) groups is 1. The molecule has 6 heteroatoms. The van der Waals surface area contributed by atoms with Crippen LogP contribution in [0.25, 0.3) is 0 Å². The Kier molecular flexibility index (Phi) is 8.07. The molecule has 0 saturated carbocycles. The number of hydrogen-bond donors (Lipinski definition) is 2. The molecule has 0 aliphatic carbocycles.